The van der Waals surface area contributed by atoms with Crippen LogP contribution >= 0.6 is 11.6 Å². The highest BCUT2D eigenvalue weighted by Crippen LogP contribution is 2.20. The molecule has 0 fully saturated rings. The maximum atomic E-state index is 12.0. The molecule has 0 radical (unpaired) electrons. The molecule has 1 aromatic heterocycles. The van der Waals surface area contributed by atoms with Gasteiger partial charge < -0.3 is 11.1 Å². The second-order valence-electron chi connectivity index (χ2n) is 3.88. The van der Waals surface area contributed by atoms with Crippen molar-refractivity contribution in [2.45, 2.75) is 6.92 Å². The summed E-state index contributed by atoms with van der Waals surface area (Å²) in [5.74, 6) is -0.307. The van der Waals surface area contributed by atoms with E-state index in [4.69, 9.17) is 17.3 Å². The number of hydrogen-bond donors (Lipinski definition) is 2. The van der Waals surface area contributed by atoms with Crippen LogP contribution in [-0.2, 0) is 0 Å². The van der Waals surface area contributed by atoms with Crippen LogP contribution < -0.4 is 11.1 Å². The Kier molecular flexibility index (Phi) is 3.48. The van der Waals surface area contributed by atoms with Gasteiger partial charge in [0.05, 0.1) is 22.5 Å². The fourth-order valence-electron chi connectivity index (χ4n) is 1.46. The normalized spacial score (nSPS) is 10.1. The molecule has 92 valence electrons. The number of nitrogens with one attached hydrogen (secondary N) is 1. The Labute approximate surface area is 110 Å². The number of hydrogen-bond acceptors (Lipinski definition) is 3. The van der Waals surface area contributed by atoms with E-state index in [1.54, 1.807) is 30.5 Å². The number of carbonyl (C=O) groups is 1. The van der Waals surface area contributed by atoms with Gasteiger partial charge in [-0.15, -0.1) is 0 Å². The highest BCUT2D eigenvalue weighted by molar-refractivity contribution is 6.34. The monoisotopic (exact) mass is 261 g/mol. The van der Waals surface area contributed by atoms with E-state index in [9.17, 15) is 4.79 Å². The molecule has 1 aromatic carbocycles. The van der Waals surface area contributed by atoms with Gasteiger partial charge >= 0.3 is 0 Å². The lowest BCUT2D eigenvalue weighted by atomic mass is 10.2. The minimum Gasteiger partial charge on any atom is -0.399 e. The molecule has 1 amide bonds. The van der Waals surface area contributed by atoms with Crippen LogP contribution in [0.1, 0.15) is 16.1 Å². The summed E-state index contributed by atoms with van der Waals surface area (Å²) in [6.07, 6.45) is 1.59. The molecule has 5 heteroatoms. The first kappa shape index (κ1) is 12.4. The molecule has 0 unspecified atom stereocenters. The Balaban J connectivity index is 2.21. The summed E-state index contributed by atoms with van der Waals surface area (Å²) < 4.78 is 0. The standard InChI is InChI=1S/C13H12ClN3O/c1-8-2-4-10(7-16-8)17-13(18)11-6-9(15)3-5-12(11)14/h2-7H,15H2,1H3,(H,17,18). The quantitative estimate of drug-likeness (QED) is 0.817. The molecule has 1 heterocycles. The Bertz CT molecular complexity index is 581. The van der Waals surface area contributed by atoms with Crippen molar-refractivity contribution in [3.05, 3.63) is 52.8 Å². The fraction of sp³-hybridized carbons (Fsp3) is 0.0769. The van der Waals surface area contributed by atoms with Gasteiger partial charge in [-0.1, -0.05) is 11.6 Å². The third kappa shape index (κ3) is 2.78. The molecule has 0 saturated carbocycles. The van der Waals surface area contributed by atoms with E-state index in [0.29, 0.717) is 22.0 Å². The molecule has 2 aromatic rings. The Morgan fingerprint density at radius 2 is 2.11 bits per heavy atom. The highest BCUT2D eigenvalue weighted by atomic mass is 35.5. The Morgan fingerprint density at radius 1 is 1.33 bits per heavy atom. The summed E-state index contributed by atoms with van der Waals surface area (Å²) in [5, 5.41) is 3.07. The van der Waals surface area contributed by atoms with Crippen molar-refractivity contribution < 1.29 is 4.79 Å². The van der Waals surface area contributed by atoms with Crippen molar-refractivity contribution in [2.75, 3.05) is 11.1 Å². The molecule has 0 atom stereocenters. The average Bonchev–Trinajstić information content (AvgIpc) is 2.35. The van der Waals surface area contributed by atoms with E-state index in [1.165, 1.54) is 0 Å². The number of amides is 1. The lowest BCUT2D eigenvalue weighted by Crippen LogP contribution is -2.13. The van der Waals surface area contributed by atoms with Crippen LogP contribution in [0.3, 0.4) is 0 Å². The number of anilines is 2. The zero-order valence-corrected chi connectivity index (χ0v) is 10.5. The van der Waals surface area contributed by atoms with Gasteiger partial charge in [0.15, 0.2) is 0 Å². The number of aryl methyl sites for hydroxylation is 1. The molecule has 0 aliphatic rings. The lowest BCUT2D eigenvalue weighted by Gasteiger charge is -2.07. The van der Waals surface area contributed by atoms with Crippen molar-refractivity contribution in [1.82, 2.24) is 4.98 Å². The summed E-state index contributed by atoms with van der Waals surface area (Å²) in [5.41, 5.74) is 7.96. The van der Waals surface area contributed by atoms with Gasteiger partial charge in [0, 0.05) is 11.4 Å². The van der Waals surface area contributed by atoms with Crippen LogP contribution in [0.15, 0.2) is 36.5 Å². The van der Waals surface area contributed by atoms with E-state index in [0.717, 1.165) is 5.69 Å². The molecule has 2 rings (SSSR count). The van der Waals surface area contributed by atoms with Crippen molar-refractivity contribution in [3.63, 3.8) is 0 Å². The second kappa shape index (κ2) is 5.06. The van der Waals surface area contributed by atoms with E-state index >= 15 is 0 Å². The molecular weight excluding hydrogens is 250 g/mol. The number of rotatable bonds is 2. The third-order valence-corrected chi connectivity index (χ3v) is 2.73. The summed E-state index contributed by atoms with van der Waals surface area (Å²) >= 11 is 5.95. The SMILES string of the molecule is Cc1ccc(NC(=O)c2cc(N)ccc2Cl)cn1. The molecule has 0 saturated heterocycles. The van der Waals surface area contributed by atoms with Gasteiger partial charge in [-0.3, -0.25) is 9.78 Å². The van der Waals surface area contributed by atoms with E-state index in [1.807, 2.05) is 13.0 Å². The van der Waals surface area contributed by atoms with Crippen molar-refractivity contribution in [3.8, 4) is 0 Å². The fourth-order valence-corrected chi connectivity index (χ4v) is 1.66. The van der Waals surface area contributed by atoms with Gasteiger partial charge in [-0.05, 0) is 37.3 Å². The minimum atomic E-state index is -0.307. The first-order valence-electron chi connectivity index (χ1n) is 5.35. The minimum absolute atomic E-state index is 0.307. The summed E-state index contributed by atoms with van der Waals surface area (Å²) in [6, 6.07) is 8.38. The summed E-state index contributed by atoms with van der Waals surface area (Å²) in [7, 11) is 0. The molecule has 0 spiro atoms. The molecule has 0 bridgehead atoms. The number of nitrogen functional groups attached to an aromatic ring is 1. The largest absolute Gasteiger partial charge is 0.399 e. The average molecular weight is 262 g/mol. The first-order valence-corrected chi connectivity index (χ1v) is 5.73. The van der Waals surface area contributed by atoms with Crippen LogP contribution in [-0.4, -0.2) is 10.9 Å². The lowest BCUT2D eigenvalue weighted by molar-refractivity contribution is 0.102. The van der Waals surface area contributed by atoms with Gasteiger partial charge in [-0.2, -0.15) is 0 Å². The van der Waals surface area contributed by atoms with Crippen LogP contribution in [0.25, 0.3) is 0 Å². The van der Waals surface area contributed by atoms with Crippen LogP contribution in [0.4, 0.5) is 11.4 Å². The Morgan fingerprint density at radius 3 is 2.78 bits per heavy atom. The van der Waals surface area contributed by atoms with Crippen molar-refractivity contribution >= 4 is 28.9 Å². The zero-order valence-electron chi connectivity index (χ0n) is 9.77. The van der Waals surface area contributed by atoms with Crippen molar-refractivity contribution in [1.29, 1.82) is 0 Å². The van der Waals surface area contributed by atoms with Gasteiger partial charge in [0.2, 0.25) is 0 Å². The Hall–Kier alpha value is -2.07. The number of carbonyl (C=O) groups excluding carboxylic acids is 1. The highest BCUT2D eigenvalue weighted by Gasteiger charge is 2.11. The number of aromatic nitrogens is 1. The topological polar surface area (TPSA) is 68.0 Å². The van der Waals surface area contributed by atoms with Crippen molar-refractivity contribution in [2.24, 2.45) is 0 Å². The second-order valence-corrected chi connectivity index (χ2v) is 4.29. The van der Waals surface area contributed by atoms with E-state index in [2.05, 4.69) is 10.3 Å². The number of nitrogens with zero attached hydrogens (tertiary/aromatic N) is 1. The summed E-state index contributed by atoms with van der Waals surface area (Å²) in [6.45, 7) is 1.88. The number of halogens is 1. The van der Waals surface area contributed by atoms with Crippen LogP contribution in [0.2, 0.25) is 5.02 Å². The van der Waals surface area contributed by atoms with E-state index in [-0.39, 0.29) is 5.91 Å². The van der Waals surface area contributed by atoms with Gasteiger partial charge in [0.25, 0.3) is 5.91 Å². The summed E-state index contributed by atoms with van der Waals surface area (Å²) in [4.78, 5) is 16.1. The molecular formula is C13H12ClN3O. The molecule has 3 N–H and O–H groups in total. The van der Waals surface area contributed by atoms with E-state index < -0.39 is 0 Å². The predicted molar refractivity (Wildman–Crippen MR) is 72.8 cm³/mol. The van der Waals surface area contributed by atoms with Gasteiger partial charge in [-0.25, -0.2) is 0 Å². The smallest absolute Gasteiger partial charge is 0.257 e. The molecule has 4 nitrogen and oxygen atoms in total. The van der Waals surface area contributed by atoms with Crippen LogP contribution in [0.5, 0.6) is 0 Å². The number of nitrogens with two attached hydrogens (primary N) is 1. The van der Waals surface area contributed by atoms with Gasteiger partial charge in [0.1, 0.15) is 0 Å². The van der Waals surface area contributed by atoms with Crippen LogP contribution in [0, 0.1) is 6.92 Å². The molecule has 0 aliphatic carbocycles. The number of pyridine rings is 1. The maximum Gasteiger partial charge on any atom is 0.257 e. The predicted octanol–water partition coefficient (Wildman–Crippen LogP) is 2.88. The molecule has 18 heavy (non-hydrogen) atoms. The third-order valence-electron chi connectivity index (χ3n) is 2.40. The zero-order chi connectivity index (χ0) is 13.1. The first-order chi connectivity index (χ1) is 8.56. The molecule has 0 aliphatic heterocycles. The maximum absolute atomic E-state index is 12.0. The number of benzene rings is 1.